The van der Waals surface area contributed by atoms with Gasteiger partial charge in [-0.05, 0) is 73.0 Å². The first-order valence-corrected chi connectivity index (χ1v) is 12.5. The Bertz CT molecular complexity index is 1560. The number of fused-ring (bicyclic) bond motifs is 1. The molecule has 2 aromatic carbocycles. The van der Waals surface area contributed by atoms with Crippen molar-refractivity contribution in [2.24, 2.45) is 0 Å². The van der Waals surface area contributed by atoms with E-state index in [1.807, 2.05) is 32.0 Å². The zero-order chi connectivity index (χ0) is 27.2. The van der Waals surface area contributed by atoms with Gasteiger partial charge in [0.2, 0.25) is 0 Å². The summed E-state index contributed by atoms with van der Waals surface area (Å²) in [5, 5.41) is 2.71. The first-order valence-electron chi connectivity index (χ1n) is 12.5. The molecule has 198 valence electrons. The number of anilines is 1. The van der Waals surface area contributed by atoms with Crippen LogP contribution in [0.2, 0.25) is 0 Å². The maximum absolute atomic E-state index is 13.0. The number of aromatic nitrogens is 3. The molecule has 2 heterocycles. The van der Waals surface area contributed by atoms with Gasteiger partial charge in [0.15, 0.2) is 6.61 Å². The third-order valence-electron chi connectivity index (χ3n) is 5.84. The van der Waals surface area contributed by atoms with Crippen LogP contribution in [0.5, 0.6) is 11.5 Å². The number of benzene rings is 2. The Balaban J connectivity index is 1.46. The molecular formula is C28H30N4O6. The predicted molar refractivity (Wildman–Crippen MR) is 145 cm³/mol. The third-order valence-corrected chi connectivity index (χ3v) is 5.84. The predicted octanol–water partition coefficient (Wildman–Crippen LogP) is 3.92. The Hall–Kier alpha value is -4.60. The fourth-order valence-electron chi connectivity index (χ4n) is 4.16. The minimum absolute atomic E-state index is 0.197. The van der Waals surface area contributed by atoms with Crippen LogP contribution in [0, 0.1) is 0 Å². The van der Waals surface area contributed by atoms with Crippen LogP contribution >= 0.6 is 0 Å². The standard InChI is InChI=1S/C28H30N4O6/c1-4-14-31-24-16-23(30-26(24)27(35)32(15-5-2)28(31)36)19-6-10-21(11-7-19)37-17-25(34)29-20-8-12-22(13-9-20)38-18(3)33/h6-13,16,30H,4-5,14-15,17H2,1-3H3,(H,29,34). The summed E-state index contributed by atoms with van der Waals surface area (Å²) in [6.07, 6.45) is 1.45. The van der Waals surface area contributed by atoms with Gasteiger partial charge in [0.05, 0.1) is 5.52 Å². The monoisotopic (exact) mass is 518 g/mol. The Labute approximate surface area is 218 Å². The Morgan fingerprint density at radius 3 is 2.16 bits per heavy atom. The van der Waals surface area contributed by atoms with Crippen LogP contribution in [0.25, 0.3) is 22.3 Å². The van der Waals surface area contributed by atoms with Gasteiger partial charge < -0.3 is 19.8 Å². The highest BCUT2D eigenvalue weighted by molar-refractivity contribution is 5.92. The number of hydrogen-bond acceptors (Lipinski definition) is 6. The Morgan fingerprint density at radius 1 is 0.895 bits per heavy atom. The van der Waals surface area contributed by atoms with E-state index < -0.39 is 5.97 Å². The highest BCUT2D eigenvalue weighted by Gasteiger charge is 2.16. The van der Waals surface area contributed by atoms with Crippen molar-refractivity contribution in [2.45, 2.75) is 46.7 Å². The number of nitrogens with one attached hydrogen (secondary N) is 2. The number of H-pyrrole nitrogens is 1. The van der Waals surface area contributed by atoms with Crippen LogP contribution in [0.3, 0.4) is 0 Å². The van der Waals surface area contributed by atoms with Crippen LogP contribution in [0.4, 0.5) is 5.69 Å². The number of rotatable bonds is 10. The minimum Gasteiger partial charge on any atom is -0.484 e. The molecular weight excluding hydrogens is 488 g/mol. The van der Waals surface area contributed by atoms with Gasteiger partial charge in [-0.15, -0.1) is 0 Å². The summed E-state index contributed by atoms with van der Waals surface area (Å²) in [6, 6.07) is 15.3. The maximum atomic E-state index is 13.0. The number of amides is 1. The van der Waals surface area contributed by atoms with Crippen molar-refractivity contribution in [1.29, 1.82) is 0 Å². The lowest BCUT2D eigenvalue weighted by Gasteiger charge is -2.10. The molecule has 0 atom stereocenters. The van der Waals surface area contributed by atoms with Gasteiger partial charge >= 0.3 is 11.7 Å². The van der Waals surface area contributed by atoms with E-state index >= 15 is 0 Å². The van der Waals surface area contributed by atoms with E-state index in [-0.39, 0.29) is 23.8 Å². The fraction of sp³-hybridized carbons (Fsp3) is 0.286. The van der Waals surface area contributed by atoms with Gasteiger partial charge in [-0.3, -0.25) is 23.5 Å². The molecule has 0 spiro atoms. The lowest BCUT2D eigenvalue weighted by atomic mass is 10.1. The van der Waals surface area contributed by atoms with Gasteiger partial charge in [0, 0.05) is 31.4 Å². The molecule has 0 saturated carbocycles. The number of aryl methyl sites for hydroxylation is 1. The summed E-state index contributed by atoms with van der Waals surface area (Å²) >= 11 is 0. The Kier molecular flexibility index (Phi) is 8.10. The second-order valence-corrected chi connectivity index (χ2v) is 8.81. The number of carbonyl (C=O) groups excluding carboxylic acids is 2. The SMILES string of the molecule is CCCn1c(=O)c2[nH]c(-c3ccc(OCC(=O)Nc4ccc(OC(C)=O)cc4)cc3)cc2n(CCC)c1=O. The lowest BCUT2D eigenvalue weighted by molar-refractivity contribution is -0.131. The number of ether oxygens (including phenoxy) is 2. The maximum Gasteiger partial charge on any atom is 0.331 e. The number of aromatic amines is 1. The molecule has 0 aliphatic heterocycles. The molecule has 0 radical (unpaired) electrons. The highest BCUT2D eigenvalue weighted by Crippen LogP contribution is 2.25. The highest BCUT2D eigenvalue weighted by atomic mass is 16.5. The van der Waals surface area contributed by atoms with E-state index in [2.05, 4.69) is 10.3 Å². The second-order valence-electron chi connectivity index (χ2n) is 8.81. The van der Waals surface area contributed by atoms with Gasteiger partial charge in [-0.1, -0.05) is 13.8 Å². The van der Waals surface area contributed by atoms with Crippen molar-refractivity contribution < 1.29 is 19.1 Å². The largest absolute Gasteiger partial charge is 0.484 e. The van der Waals surface area contributed by atoms with E-state index in [0.717, 1.165) is 12.0 Å². The molecule has 0 aliphatic carbocycles. The van der Waals surface area contributed by atoms with Gasteiger partial charge in [-0.25, -0.2) is 4.79 Å². The summed E-state index contributed by atoms with van der Waals surface area (Å²) < 4.78 is 13.5. The van der Waals surface area contributed by atoms with Crippen molar-refractivity contribution in [1.82, 2.24) is 14.1 Å². The second kappa shape index (κ2) is 11.6. The summed E-state index contributed by atoms with van der Waals surface area (Å²) in [4.78, 5) is 52.3. The minimum atomic E-state index is -0.419. The van der Waals surface area contributed by atoms with Gasteiger partial charge in [0.1, 0.15) is 17.0 Å². The number of hydrogen-bond donors (Lipinski definition) is 2. The first kappa shape index (κ1) is 26.5. The zero-order valence-corrected chi connectivity index (χ0v) is 21.6. The molecule has 10 heteroatoms. The average Bonchev–Trinajstić information content (AvgIpc) is 3.35. The molecule has 1 amide bonds. The molecule has 0 aliphatic rings. The van der Waals surface area contributed by atoms with Crippen LogP contribution in [-0.2, 0) is 22.7 Å². The Morgan fingerprint density at radius 2 is 1.53 bits per heavy atom. The summed E-state index contributed by atoms with van der Waals surface area (Å²) in [6.45, 7) is 5.92. The molecule has 4 rings (SSSR count). The normalized spacial score (nSPS) is 10.9. The van der Waals surface area contributed by atoms with Gasteiger partial charge in [0.25, 0.3) is 11.5 Å². The topological polar surface area (TPSA) is 124 Å². The van der Waals surface area contributed by atoms with Crippen LogP contribution in [-0.4, -0.2) is 32.6 Å². The number of esters is 1. The molecule has 2 N–H and O–H groups in total. The smallest absolute Gasteiger partial charge is 0.331 e. The molecule has 2 aromatic heterocycles. The van der Waals surface area contributed by atoms with Crippen molar-refractivity contribution >= 4 is 28.6 Å². The van der Waals surface area contributed by atoms with E-state index in [9.17, 15) is 19.2 Å². The van der Waals surface area contributed by atoms with Crippen LogP contribution in [0.15, 0.2) is 64.2 Å². The van der Waals surface area contributed by atoms with Crippen LogP contribution < -0.4 is 26.0 Å². The molecule has 0 saturated heterocycles. The lowest BCUT2D eigenvalue weighted by Crippen LogP contribution is -2.39. The number of nitrogens with zero attached hydrogens (tertiary/aromatic N) is 2. The summed E-state index contributed by atoms with van der Waals surface area (Å²) in [5.41, 5.74) is 2.43. The average molecular weight is 519 g/mol. The van der Waals surface area contributed by atoms with Crippen molar-refractivity contribution in [3.05, 3.63) is 75.4 Å². The summed E-state index contributed by atoms with van der Waals surface area (Å²) in [7, 11) is 0. The fourth-order valence-corrected chi connectivity index (χ4v) is 4.16. The number of carbonyl (C=O) groups is 2. The quantitative estimate of drug-likeness (QED) is 0.242. The third kappa shape index (κ3) is 5.86. The molecule has 0 fully saturated rings. The molecule has 0 unspecified atom stereocenters. The molecule has 0 bridgehead atoms. The zero-order valence-electron chi connectivity index (χ0n) is 21.6. The van der Waals surface area contributed by atoms with Gasteiger partial charge in [-0.2, -0.15) is 0 Å². The van der Waals surface area contributed by atoms with E-state index in [1.165, 1.54) is 11.5 Å². The van der Waals surface area contributed by atoms with E-state index in [4.69, 9.17) is 9.47 Å². The summed E-state index contributed by atoms with van der Waals surface area (Å²) in [5.74, 6) is 0.125. The van der Waals surface area contributed by atoms with E-state index in [0.29, 0.717) is 53.4 Å². The van der Waals surface area contributed by atoms with Crippen molar-refractivity contribution in [2.75, 3.05) is 11.9 Å². The first-order chi connectivity index (χ1) is 18.3. The van der Waals surface area contributed by atoms with Crippen LogP contribution in [0.1, 0.15) is 33.6 Å². The molecule has 10 nitrogen and oxygen atoms in total. The van der Waals surface area contributed by atoms with E-state index in [1.54, 1.807) is 41.0 Å². The van der Waals surface area contributed by atoms with Crippen molar-refractivity contribution in [3.63, 3.8) is 0 Å². The molecule has 4 aromatic rings. The molecule has 38 heavy (non-hydrogen) atoms. The van der Waals surface area contributed by atoms with Crippen molar-refractivity contribution in [3.8, 4) is 22.8 Å².